The first-order valence-electron chi connectivity index (χ1n) is 4.84. The Morgan fingerprint density at radius 1 is 1.56 bits per heavy atom. The van der Waals surface area contributed by atoms with Crippen LogP contribution in [-0.2, 0) is 6.54 Å². The largest absolute Gasteiger partial charge is 0.390 e. The lowest BCUT2D eigenvalue weighted by Crippen LogP contribution is -2.26. The molecule has 1 unspecified atom stereocenters. The van der Waals surface area contributed by atoms with Gasteiger partial charge in [0.2, 0.25) is 0 Å². The number of aryl methyl sites for hydroxylation is 1. The van der Waals surface area contributed by atoms with E-state index in [9.17, 15) is 13.2 Å². The molecule has 0 fully saturated rings. The van der Waals surface area contributed by atoms with Crippen LogP contribution in [-0.4, -0.2) is 23.0 Å². The van der Waals surface area contributed by atoms with Crippen LogP contribution in [0.5, 0.6) is 0 Å². The fourth-order valence-electron chi connectivity index (χ4n) is 1.54. The Kier molecular flexibility index (Phi) is 4.21. The summed E-state index contributed by atoms with van der Waals surface area (Å²) < 4.78 is 38.5. The molecule has 0 spiro atoms. The third-order valence-corrected chi connectivity index (χ3v) is 2.54. The van der Waals surface area contributed by atoms with Crippen LogP contribution in [0, 0.1) is 0 Å². The van der Waals surface area contributed by atoms with E-state index in [0.29, 0.717) is 12.2 Å². The van der Waals surface area contributed by atoms with Gasteiger partial charge in [0.1, 0.15) is 0 Å². The number of halogens is 4. The van der Waals surface area contributed by atoms with Crippen LogP contribution < -0.4 is 5.32 Å². The van der Waals surface area contributed by atoms with Gasteiger partial charge in [-0.25, -0.2) is 0 Å². The molecule has 0 radical (unpaired) electrons. The SMILES string of the molecule is CCn1ncc(Cl)c1C(CC(F)(F)F)NC. The zero-order valence-electron chi connectivity index (χ0n) is 8.98. The van der Waals surface area contributed by atoms with Gasteiger partial charge in [0.15, 0.2) is 0 Å². The molecule has 0 aliphatic carbocycles. The predicted octanol–water partition coefficient (Wildman–Crippen LogP) is 2.77. The highest BCUT2D eigenvalue weighted by molar-refractivity contribution is 6.31. The minimum atomic E-state index is -4.24. The molecule has 0 saturated heterocycles. The molecule has 1 heterocycles. The van der Waals surface area contributed by atoms with Crippen molar-refractivity contribution in [1.82, 2.24) is 15.1 Å². The smallest absolute Gasteiger partial charge is 0.311 e. The van der Waals surface area contributed by atoms with Crippen molar-refractivity contribution < 1.29 is 13.2 Å². The van der Waals surface area contributed by atoms with Gasteiger partial charge in [-0.2, -0.15) is 18.3 Å². The van der Waals surface area contributed by atoms with Crippen LogP contribution in [0.4, 0.5) is 13.2 Å². The van der Waals surface area contributed by atoms with E-state index < -0.39 is 18.6 Å². The lowest BCUT2D eigenvalue weighted by molar-refractivity contribution is -0.140. The summed E-state index contributed by atoms with van der Waals surface area (Å²) in [6.45, 7) is 2.28. The number of alkyl halides is 3. The van der Waals surface area contributed by atoms with Crippen molar-refractivity contribution in [1.29, 1.82) is 0 Å². The van der Waals surface area contributed by atoms with E-state index in [-0.39, 0.29) is 5.02 Å². The van der Waals surface area contributed by atoms with Gasteiger partial charge in [-0.05, 0) is 14.0 Å². The molecule has 0 saturated carbocycles. The van der Waals surface area contributed by atoms with E-state index in [0.717, 1.165) is 0 Å². The van der Waals surface area contributed by atoms with Gasteiger partial charge >= 0.3 is 6.18 Å². The number of nitrogens with one attached hydrogen (secondary N) is 1. The van der Waals surface area contributed by atoms with Crippen molar-refractivity contribution in [2.75, 3.05) is 7.05 Å². The normalized spacial score (nSPS) is 14.1. The van der Waals surface area contributed by atoms with Crippen LogP contribution in [0.15, 0.2) is 6.20 Å². The maximum atomic E-state index is 12.3. The summed E-state index contributed by atoms with van der Waals surface area (Å²) >= 11 is 5.84. The first kappa shape index (κ1) is 13.3. The number of nitrogens with zero attached hydrogens (tertiary/aromatic N) is 2. The van der Waals surface area contributed by atoms with Gasteiger partial charge in [0, 0.05) is 6.54 Å². The molecule has 3 nitrogen and oxygen atoms in total. The van der Waals surface area contributed by atoms with Crippen molar-refractivity contribution in [3.05, 3.63) is 16.9 Å². The van der Waals surface area contributed by atoms with Gasteiger partial charge < -0.3 is 5.32 Å². The summed E-state index contributed by atoms with van der Waals surface area (Å²) in [7, 11) is 1.47. The molecule has 1 atom stereocenters. The fourth-order valence-corrected chi connectivity index (χ4v) is 1.81. The van der Waals surface area contributed by atoms with E-state index in [1.807, 2.05) is 0 Å². The average Bonchev–Trinajstić information content (AvgIpc) is 2.54. The van der Waals surface area contributed by atoms with E-state index in [1.165, 1.54) is 17.9 Å². The molecule has 1 aromatic heterocycles. The van der Waals surface area contributed by atoms with Crippen molar-refractivity contribution in [3.8, 4) is 0 Å². The summed E-state index contributed by atoms with van der Waals surface area (Å²) in [5.41, 5.74) is 0.379. The van der Waals surface area contributed by atoms with Gasteiger partial charge in [-0.1, -0.05) is 11.6 Å². The summed E-state index contributed by atoms with van der Waals surface area (Å²) in [5.74, 6) is 0. The first-order chi connectivity index (χ1) is 7.39. The lowest BCUT2D eigenvalue weighted by atomic mass is 10.1. The number of hydrogen-bond donors (Lipinski definition) is 1. The van der Waals surface area contributed by atoms with Gasteiger partial charge in [-0.15, -0.1) is 0 Å². The predicted molar refractivity (Wildman–Crippen MR) is 55.4 cm³/mol. The molecule has 16 heavy (non-hydrogen) atoms. The zero-order valence-corrected chi connectivity index (χ0v) is 9.73. The molecule has 0 aliphatic heterocycles. The second-order valence-electron chi connectivity index (χ2n) is 3.35. The minimum Gasteiger partial charge on any atom is -0.311 e. The maximum absolute atomic E-state index is 12.3. The zero-order chi connectivity index (χ0) is 12.3. The number of aromatic nitrogens is 2. The summed E-state index contributed by atoms with van der Waals surface area (Å²) in [6, 6.07) is -0.866. The lowest BCUT2D eigenvalue weighted by Gasteiger charge is -2.19. The molecule has 7 heteroatoms. The van der Waals surface area contributed by atoms with Crippen LogP contribution in [0.1, 0.15) is 25.1 Å². The van der Waals surface area contributed by atoms with Gasteiger partial charge in [-0.3, -0.25) is 4.68 Å². The van der Waals surface area contributed by atoms with Crippen LogP contribution in [0.3, 0.4) is 0 Å². The Labute approximate surface area is 96.6 Å². The quantitative estimate of drug-likeness (QED) is 0.897. The second kappa shape index (κ2) is 5.05. The third kappa shape index (κ3) is 3.12. The molecule has 1 N–H and O–H groups in total. The Balaban J connectivity index is 2.98. The Morgan fingerprint density at radius 2 is 2.19 bits per heavy atom. The maximum Gasteiger partial charge on any atom is 0.390 e. The summed E-state index contributed by atoms with van der Waals surface area (Å²) in [4.78, 5) is 0. The molecule has 0 amide bonds. The van der Waals surface area contributed by atoms with Crippen molar-refractivity contribution in [2.45, 2.75) is 32.1 Å². The first-order valence-corrected chi connectivity index (χ1v) is 5.22. The number of rotatable bonds is 4. The molecule has 1 aromatic rings. The highest BCUT2D eigenvalue weighted by atomic mass is 35.5. The second-order valence-corrected chi connectivity index (χ2v) is 3.76. The fraction of sp³-hybridized carbons (Fsp3) is 0.667. The van der Waals surface area contributed by atoms with Crippen molar-refractivity contribution in [3.63, 3.8) is 0 Å². The average molecular weight is 256 g/mol. The molecular weight excluding hydrogens is 243 g/mol. The van der Waals surface area contributed by atoms with E-state index in [4.69, 9.17) is 11.6 Å². The standard InChI is InChI=1S/C9H13ClF3N3/c1-3-16-8(6(10)5-15-16)7(14-2)4-9(11,12)13/h5,7,14H,3-4H2,1-2H3. The van der Waals surface area contributed by atoms with Crippen molar-refractivity contribution in [2.24, 2.45) is 0 Å². The number of hydrogen-bond acceptors (Lipinski definition) is 2. The molecule has 0 aliphatic rings. The third-order valence-electron chi connectivity index (χ3n) is 2.25. The summed E-state index contributed by atoms with van der Waals surface area (Å²) in [5, 5.41) is 6.78. The molecule has 0 bridgehead atoms. The monoisotopic (exact) mass is 255 g/mol. The topological polar surface area (TPSA) is 29.9 Å². The van der Waals surface area contributed by atoms with E-state index in [1.54, 1.807) is 6.92 Å². The molecule has 1 rings (SSSR count). The van der Waals surface area contributed by atoms with E-state index >= 15 is 0 Å². The Morgan fingerprint density at radius 3 is 2.62 bits per heavy atom. The van der Waals surface area contributed by atoms with Crippen LogP contribution in [0.25, 0.3) is 0 Å². The Bertz CT molecular complexity index is 348. The Hall–Kier alpha value is -0.750. The van der Waals surface area contributed by atoms with Gasteiger partial charge in [0.25, 0.3) is 0 Å². The molecular formula is C9H13ClF3N3. The highest BCUT2D eigenvalue weighted by Crippen LogP contribution is 2.32. The molecule has 0 aromatic carbocycles. The highest BCUT2D eigenvalue weighted by Gasteiger charge is 2.34. The van der Waals surface area contributed by atoms with E-state index in [2.05, 4.69) is 10.4 Å². The minimum absolute atomic E-state index is 0.255. The van der Waals surface area contributed by atoms with Crippen molar-refractivity contribution >= 4 is 11.6 Å². The van der Waals surface area contributed by atoms with Crippen LogP contribution >= 0.6 is 11.6 Å². The molecule has 92 valence electrons. The van der Waals surface area contributed by atoms with Gasteiger partial charge in [0.05, 0.1) is 29.4 Å². The summed E-state index contributed by atoms with van der Waals surface area (Å²) in [6.07, 6.45) is -3.84. The van der Waals surface area contributed by atoms with Crippen LogP contribution in [0.2, 0.25) is 5.02 Å².